The van der Waals surface area contributed by atoms with Gasteiger partial charge in [-0.05, 0) is 11.6 Å². The molecule has 0 amide bonds. The zero-order valence-corrected chi connectivity index (χ0v) is 11.2. The minimum Gasteiger partial charge on any atom is -0.392 e. The first-order chi connectivity index (χ1) is 9.29. The average Bonchev–Trinajstić information content (AvgIpc) is 2.90. The average molecular weight is 293 g/mol. The molecule has 3 aromatic rings. The Labute approximate surface area is 118 Å². The van der Waals surface area contributed by atoms with Gasteiger partial charge in [0.25, 0.3) is 0 Å². The molecule has 2 N–H and O–H groups in total. The number of nitrogens with zero attached hydrogens (tertiary/aromatic N) is 3. The number of aliphatic hydroxyl groups is 1. The van der Waals surface area contributed by atoms with Crippen LogP contribution < -0.4 is 0 Å². The number of hydrogen-bond donors (Lipinski definition) is 2. The van der Waals surface area contributed by atoms with E-state index in [2.05, 4.69) is 19.9 Å². The van der Waals surface area contributed by atoms with E-state index in [-0.39, 0.29) is 6.61 Å². The number of rotatable bonds is 3. The first kappa shape index (κ1) is 12.4. The molecule has 96 valence electrons. The monoisotopic (exact) mass is 292 g/mol. The van der Waals surface area contributed by atoms with Crippen LogP contribution in [0.15, 0.2) is 40.8 Å². The maximum atomic E-state index is 9.37. The molecule has 3 rings (SSSR count). The molecule has 0 aliphatic heterocycles. The molecular formula is C12H9ClN4OS. The third-order valence-electron chi connectivity index (χ3n) is 2.61. The van der Waals surface area contributed by atoms with Crippen molar-refractivity contribution in [1.29, 1.82) is 0 Å². The Morgan fingerprint density at radius 2 is 2.16 bits per heavy atom. The molecule has 2 aromatic heterocycles. The summed E-state index contributed by atoms with van der Waals surface area (Å²) in [6.45, 7) is -0.0693. The number of imidazole rings is 1. The fourth-order valence-corrected chi connectivity index (χ4v) is 2.99. The number of hydrogen-bond acceptors (Lipinski definition) is 5. The van der Waals surface area contributed by atoms with Crippen LogP contribution in [-0.2, 0) is 6.61 Å². The summed E-state index contributed by atoms with van der Waals surface area (Å²) >= 11 is 7.57. The van der Waals surface area contributed by atoms with Gasteiger partial charge in [0.1, 0.15) is 16.9 Å². The summed E-state index contributed by atoms with van der Waals surface area (Å²) in [6, 6.07) is 5.43. The Morgan fingerprint density at radius 1 is 1.26 bits per heavy atom. The summed E-state index contributed by atoms with van der Waals surface area (Å²) in [6.07, 6.45) is 3.03. The number of H-pyrrole nitrogens is 1. The van der Waals surface area contributed by atoms with E-state index < -0.39 is 0 Å². The van der Waals surface area contributed by atoms with E-state index >= 15 is 0 Å². The quantitative estimate of drug-likeness (QED) is 0.726. The van der Waals surface area contributed by atoms with Crippen LogP contribution in [0.4, 0.5) is 0 Å². The summed E-state index contributed by atoms with van der Waals surface area (Å²) in [4.78, 5) is 16.2. The van der Waals surface area contributed by atoms with Gasteiger partial charge in [-0.15, -0.1) is 0 Å². The summed E-state index contributed by atoms with van der Waals surface area (Å²) in [7, 11) is 0. The summed E-state index contributed by atoms with van der Waals surface area (Å²) < 4.78 is 0. The Morgan fingerprint density at radius 3 is 3.00 bits per heavy atom. The van der Waals surface area contributed by atoms with E-state index in [0.29, 0.717) is 10.7 Å². The summed E-state index contributed by atoms with van der Waals surface area (Å²) in [5.74, 6) is 0. The lowest BCUT2D eigenvalue weighted by atomic mass is 10.2. The fraction of sp³-hybridized carbons (Fsp3) is 0.0833. The van der Waals surface area contributed by atoms with Crippen molar-refractivity contribution in [2.75, 3.05) is 0 Å². The smallest absolute Gasteiger partial charge is 0.181 e. The van der Waals surface area contributed by atoms with Crippen molar-refractivity contribution in [2.24, 2.45) is 0 Å². The van der Waals surface area contributed by atoms with Crippen LogP contribution in [0.5, 0.6) is 0 Å². The second kappa shape index (κ2) is 5.16. The number of aliphatic hydroxyl groups excluding tert-OH is 1. The van der Waals surface area contributed by atoms with Crippen LogP contribution in [-0.4, -0.2) is 25.0 Å². The lowest BCUT2D eigenvalue weighted by Gasteiger charge is -2.08. The molecule has 0 aliphatic rings. The van der Waals surface area contributed by atoms with Crippen molar-refractivity contribution >= 4 is 34.5 Å². The van der Waals surface area contributed by atoms with Gasteiger partial charge >= 0.3 is 0 Å². The van der Waals surface area contributed by atoms with Crippen molar-refractivity contribution in [1.82, 2.24) is 19.9 Å². The SMILES string of the molecule is OCc1cccc(Cl)c1Sc1ncnc2nc[nH]c12. The maximum absolute atomic E-state index is 9.37. The van der Waals surface area contributed by atoms with Crippen LogP contribution in [0, 0.1) is 0 Å². The van der Waals surface area contributed by atoms with Crippen molar-refractivity contribution in [3.63, 3.8) is 0 Å². The van der Waals surface area contributed by atoms with Crippen molar-refractivity contribution < 1.29 is 5.11 Å². The molecular weight excluding hydrogens is 284 g/mol. The molecule has 1 aromatic carbocycles. The van der Waals surface area contributed by atoms with Crippen molar-refractivity contribution in [3.05, 3.63) is 41.4 Å². The molecule has 0 fully saturated rings. The number of benzene rings is 1. The van der Waals surface area contributed by atoms with Gasteiger partial charge in [0, 0.05) is 4.90 Å². The molecule has 19 heavy (non-hydrogen) atoms. The van der Waals surface area contributed by atoms with Gasteiger partial charge in [-0.25, -0.2) is 15.0 Å². The van der Waals surface area contributed by atoms with Gasteiger partial charge in [-0.3, -0.25) is 0 Å². The second-order valence-electron chi connectivity index (χ2n) is 3.77. The highest BCUT2D eigenvalue weighted by Gasteiger charge is 2.12. The van der Waals surface area contributed by atoms with Crippen LogP contribution in [0.25, 0.3) is 11.2 Å². The second-order valence-corrected chi connectivity index (χ2v) is 5.17. The van der Waals surface area contributed by atoms with E-state index in [1.165, 1.54) is 18.1 Å². The predicted molar refractivity (Wildman–Crippen MR) is 73.2 cm³/mol. The zero-order valence-electron chi connectivity index (χ0n) is 9.67. The first-order valence-corrected chi connectivity index (χ1v) is 6.69. The molecule has 0 bridgehead atoms. The van der Waals surface area contributed by atoms with Gasteiger partial charge in [0.2, 0.25) is 0 Å². The zero-order chi connectivity index (χ0) is 13.2. The highest BCUT2D eigenvalue weighted by molar-refractivity contribution is 7.99. The Balaban J connectivity index is 2.08. The lowest BCUT2D eigenvalue weighted by Crippen LogP contribution is -1.91. The Kier molecular flexibility index (Phi) is 3.37. The predicted octanol–water partition coefficient (Wildman–Crippen LogP) is 2.65. The molecule has 0 saturated heterocycles. The van der Waals surface area contributed by atoms with Gasteiger partial charge < -0.3 is 10.1 Å². The van der Waals surface area contributed by atoms with Gasteiger partial charge in [0.15, 0.2) is 5.65 Å². The molecule has 0 spiro atoms. The standard InChI is InChI=1S/C12H9ClN4OS/c13-8-3-1-2-7(4-18)10(8)19-12-9-11(15-5-14-9)16-6-17-12/h1-3,5-6,18H,4H2,(H,14,15,16,17). The third-order valence-corrected chi connectivity index (χ3v) is 4.22. The first-order valence-electron chi connectivity index (χ1n) is 5.50. The number of fused-ring (bicyclic) bond motifs is 1. The van der Waals surface area contributed by atoms with Crippen molar-refractivity contribution in [3.8, 4) is 0 Å². The van der Waals surface area contributed by atoms with Crippen LogP contribution in [0.1, 0.15) is 5.56 Å². The minimum atomic E-state index is -0.0693. The van der Waals surface area contributed by atoms with E-state index in [1.807, 2.05) is 12.1 Å². The maximum Gasteiger partial charge on any atom is 0.181 e. The number of aromatic nitrogens is 4. The molecule has 5 nitrogen and oxygen atoms in total. The largest absolute Gasteiger partial charge is 0.392 e. The fourth-order valence-electron chi connectivity index (χ4n) is 1.71. The summed E-state index contributed by atoms with van der Waals surface area (Å²) in [5, 5.41) is 10.7. The lowest BCUT2D eigenvalue weighted by molar-refractivity contribution is 0.279. The van der Waals surface area contributed by atoms with E-state index in [9.17, 15) is 5.11 Å². The van der Waals surface area contributed by atoms with Gasteiger partial charge in [-0.2, -0.15) is 0 Å². The molecule has 0 unspecified atom stereocenters. The topological polar surface area (TPSA) is 74.7 Å². The summed E-state index contributed by atoms with van der Waals surface area (Å²) in [5.41, 5.74) is 2.13. The molecule has 0 atom stereocenters. The van der Waals surface area contributed by atoms with E-state index in [1.54, 1.807) is 12.4 Å². The van der Waals surface area contributed by atoms with Gasteiger partial charge in [-0.1, -0.05) is 35.5 Å². The number of aromatic amines is 1. The molecule has 7 heteroatoms. The van der Waals surface area contributed by atoms with Gasteiger partial charge in [0.05, 0.1) is 18.0 Å². The molecule has 2 heterocycles. The molecule has 0 saturated carbocycles. The molecule has 0 radical (unpaired) electrons. The van der Waals surface area contributed by atoms with Crippen molar-refractivity contribution in [2.45, 2.75) is 16.5 Å². The number of halogens is 1. The highest BCUT2D eigenvalue weighted by Crippen LogP contribution is 2.36. The Hall–Kier alpha value is -1.63. The minimum absolute atomic E-state index is 0.0693. The van der Waals surface area contributed by atoms with E-state index in [0.717, 1.165) is 21.0 Å². The van der Waals surface area contributed by atoms with E-state index in [4.69, 9.17) is 11.6 Å². The van der Waals surface area contributed by atoms with Crippen LogP contribution >= 0.6 is 23.4 Å². The Bertz CT molecular complexity index is 731. The molecule has 0 aliphatic carbocycles. The highest BCUT2D eigenvalue weighted by atomic mass is 35.5. The van der Waals surface area contributed by atoms with Crippen LogP contribution in [0.3, 0.4) is 0 Å². The van der Waals surface area contributed by atoms with Crippen LogP contribution in [0.2, 0.25) is 5.02 Å². The number of nitrogens with one attached hydrogen (secondary N) is 1. The third kappa shape index (κ3) is 2.30. The normalized spacial score (nSPS) is 11.1.